The predicted octanol–water partition coefficient (Wildman–Crippen LogP) is 3.49. The lowest BCUT2D eigenvalue weighted by Gasteiger charge is -2.19. The van der Waals surface area contributed by atoms with Crippen LogP contribution in [0, 0.1) is 5.92 Å². The van der Waals surface area contributed by atoms with E-state index in [0.29, 0.717) is 23.8 Å². The number of fused-ring (bicyclic) bond motifs is 3. The number of carbonyl (C=O) groups is 1. The van der Waals surface area contributed by atoms with E-state index in [-0.39, 0.29) is 14.8 Å². The van der Waals surface area contributed by atoms with Crippen LogP contribution in [0.1, 0.15) is 22.8 Å². The third-order valence-electron chi connectivity index (χ3n) is 5.74. The van der Waals surface area contributed by atoms with Crippen molar-refractivity contribution in [3.63, 3.8) is 0 Å². The number of nitrogens with one attached hydrogen (secondary N) is 1. The van der Waals surface area contributed by atoms with E-state index in [0.717, 1.165) is 11.1 Å². The van der Waals surface area contributed by atoms with Gasteiger partial charge in [-0.05, 0) is 29.7 Å². The summed E-state index contributed by atoms with van der Waals surface area (Å²) in [6.07, 6.45) is -4.27. The molecule has 0 saturated heterocycles. The molecule has 3 atom stereocenters. The van der Waals surface area contributed by atoms with Gasteiger partial charge in [0.15, 0.2) is 0 Å². The third-order valence-corrected chi connectivity index (χ3v) is 8.83. The average molecular weight is 470 g/mol. The molecule has 7 nitrogen and oxygen atoms in total. The molecule has 0 amide bonds. The fourth-order valence-electron chi connectivity index (χ4n) is 4.34. The first-order valence-electron chi connectivity index (χ1n) is 9.03. The van der Waals surface area contributed by atoms with Crippen LogP contribution in [0.4, 0.5) is 13.2 Å². The smallest absolute Gasteiger partial charge is 0.452 e. The number of hydrogen-bond acceptors (Lipinski definition) is 6. The molecule has 2 aliphatic rings. The quantitative estimate of drug-likeness (QED) is 0.591. The molecular formula is C19H13F3N2O5S2. The summed E-state index contributed by atoms with van der Waals surface area (Å²) in [7, 11) is -4.25. The Morgan fingerprint density at radius 2 is 2.00 bits per heavy atom. The van der Waals surface area contributed by atoms with Crippen LogP contribution in [0.5, 0.6) is 0 Å². The molecule has 1 saturated carbocycles. The number of aliphatic carboxylic acids is 1. The number of thiophene rings is 1. The number of aromatic nitrogens is 1. The summed E-state index contributed by atoms with van der Waals surface area (Å²) in [5, 5.41) is 13.2. The van der Waals surface area contributed by atoms with Gasteiger partial charge in [0.1, 0.15) is 15.4 Å². The van der Waals surface area contributed by atoms with Gasteiger partial charge in [0, 0.05) is 17.9 Å². The number of carboxylic acid groups (broad SMARTS) is 1. The van der Waals surface area contributed by atoms with Gasteiger partial charge in [-0.1, -0.05) is 29.4 Å². The minimum absolute atomic E-state index is 0.144. The molecular weight excluding hydrogens is 457 g/mol. The molecule has 0 spiro atoms. The van der Waals surface area contributed by atoms with Crippen molar-refractivity contribution in [1.29, 1.82) is 0 Å². The van der Waals surface area contributed by atoms with Gasteiger partial charge in [-0.15, -0.1) is 11.3 Å². The van der Waals surface area contributed by atoms with E-state index in [2.05, 4.69) is 14.4 Å². The monoisotopic (exact) mass is 470 g/mol. The van der Waals surface area contributed by atoms with Crippen molar-refractivity contribution in [2.45, 2.75) is 28.3 Å². The Hall–Kier alpha value is -2.70. The third kappa shape index (κ3) is 3.00. The molecule has 162 valence electrons. The maximum absolute atomic E-state index is 13.0. The highest BCUT2D eigenvalue weighted by atomic mass is 32.2. The standard InChI is InChI=1S/C19H13F3N2O5S2/c20-19(21,22)14-8-12(23-29-14)13-5-6-15(30-13)31(27,28)24-18(17(25)26)11-7-9-3-1-2-4-10(9)16(11)18/h1-6,8,11,16,24H,7H2,(H,25,26)/t11-,16+,18?/m0/s1. The number of benzene rings is 1. The van der Waals surface area contributed by atoms with Crippen LogP contribution in [0.25, 0.3) is 10.6 Å². The van der Waals surface area contributed by atoms with Crippen LogP contribution in [0.15, 0.2) is 51.2 Å². The molecule has 0 bridgehead atoms. The van der Waals surface area contributed by atoms with Gasteiger partial charge < -0.3 is 9.63 Å². The minimum Gasteiger partial charge on any atom is -0.480 e. The summed E-state index contributed by atoms with van der Waals surface area (Å²) in [6, 6.07) is 10.5. The van der Waals surface area contributed by atoms with Crippen LogP contribution in [-0.4, -0.2) is 30.2 Å². The number of rotatable bonds is 5. The topological polar surface area (TPSA) is 110 Å². The van der Waals surface area contributed by atoms with Crippen molar-refractivity contribution in [3.05, 3.63) is 59.4 Å². The van der Waals surface area contributed by atoms with Crippen molar-refractivity contribution < 1.29 is 36.0 Å². The van der Waals surface area contributed by atoms with Crippen LogP contribution in [0.3, 0.4) is 0 Å². The Morgan fingerprint density at radius 1 is 1.26 bits per heavy atom. The number of halogens is 3. The second-order valence-electron chi connectivity index (χ2n) is 7.46. The molecule has 1 aromatic carbocycles. The lowest BCUT2D eigenvalue weighted by Crippen LogP contribution is -2.46. The maximum atomic E-state index is 13.0. The van der Waals surface area contributed by atoms with Crippen molar-refractivity contribution in [2.24, 2.45) is 5.92 Å². The fourth-order valence-corrected chi connectivity index (χ4v) is 7.02. The molecule has 5 rings (SSSR count). The molecule has 0 radical (unpaired) electrons. The van der Waals surface area contributed by atoms with Gasteiger partial charge in [0.2, 0.25) is 5.76 Å². The predicted molar refractivity (Wildman–Crippen MR) is 102 cm³/mol. The maximum Gasteiger partial charge on any atom is 0.452 e. The Morgan fingerprint density at radius 3 is 2.68 bits per heavy atom. The van der Waals surface area contributed by atoms with Crippen LogP contribution >= 0.6 is 11.3 Å². The number of sulfonamides is 1. The van der Waals surface area contributed by atoms with Crippen molar-refractivity contribution >= 4 is 27.3 Å². The van der Waals surface area contributed by atoms with E-state index in [9.17, 15) is 31.5 Å². The molecule has 2 heterocycles. The highest BCUT2D eigenvalue weighted by Crippen LogP contribution is 2.64. The first-order chi connectivity index (χ1) is 14.5. The summed E-state index contributed by atoms with van der Waals surface area (Å²) in [5.74, 6) is -3.43. The van der Waals surface area contributed by atoms with Crippen LogP contribution in [0.2, 0.25) is 0 Å². The summed E-state index contributed by atoms with van der Waals surface area (Å²) >= 11 is 0.678. The average Bonchev–Trinajstić information content (AvgIpc) is 3.22. The summed E-state index contributed by atoms with van der Waals surface area (Å²) in [5.41, 5.74) is 0.00322. The molecule has 2 aliphatic carbocycles. The second kappa shape index (κ2) is 6.40. The molecule has 1 unspecified atom stereocenters. The fraction of sp³-hybridized carbons (Fsp3) is 0.263. The van der Waals surface area contributed by atoms with E-state index in [1.165, 1.54) is 12.1 Å². The zero-order valence-electron chi connectivity index (χ0n) is 15.4. The lowest BCUT2D eigenvalue weighted by molar-refractivity contribution is -0.155. The summed E-state index contributed by atoms with van der Waals surface area (Å²) < 4.78 is 70.4. The van der Waals surface area contributed by atoms with Crippen molar-refractivity contribution in [1.82, 2.24) is 9.88 Å². The molecule has 2 N–H and O–H groups in total. The molecule has 1 fully saturated rings. The highest BCUT2D eigenvalue weighted by molar-refractivity contribution is 7.91. The molecule has 2 aromatic heterocycles. The SMILES string of the molecule is O=C(O)C1(NS(=O)(=O)c2ccc(-c3cc(C(F)(F)F)on3)s2)[C@@H]2c3ccccc3C[C@@H]21. The van der Waals surface area contributed by atoms with Gasteiger partial charge in [0.25, 0.3) is 10.0 Å². The first-order valence-corrected chi connectivity index (χ1v) is 11.3. The zero-order valence-corrected chi connectivity index (χ0v) is 17.0. The van der Waals surface area contributed by atoms with Gasteiger partial charge in [-0.2, -0.15) is 17.9 Å². The Balaban J connectivity index is 1.43. The van der Waals surface area contributed by atoms with Crippen LogP contribution in [-0.2, 0) is 27.4 Å². The molecule has 3 aromatic rings. The molecule has 0 aliphatic heterocycles. The zero-order chi connectivity index (χ0) is 22.2. The van der Waals surface area contributed by atoms with E-state index in [4.69, 9.17) is 0 Å². The highest BCUT2D eigenvalue weighted by Gasteiger charge is 2.74. The molecule has 31 heavy (non-hydrogen) atoms. The number of carboxylic acids is 1. The summed E-state index contributed by atoms with van der Waals surface area (Å²) in [4.78, 5) is 12.2. The Bertz CT molecular complexity index is 1310. The van der Waals surface area contributed by atoms with Gasteiger partial charge in [-0.3, -0.25) is 4.79 Å². The van der Waals surface area contributed by atoms with Crippen LogP contribution < -0.4 is 4.72 Å². The normalized spacial score (nSPS) is 24.6. The number of alkyl halides is 3. The number of nitrogens with zero attached hydrogens (tertiary/aromatic N) is 1. The van der Waals surface area contributed by atoms with Gasteiger partial charge in [0.05, 0.1) is 4.88 Å². The lowest BCUT2D eigenvalue weighted by atomic mass is 9.99. The first kappa shape index (κ1) is 20.2. The van der Waals surface area contributed by atoms with Gasteiger partial charge in [-0.25, -0.2) is 8.42 Å². The minimum atomic E-state index is -4.72. The van der Waals surface area contributed by atoms with E-state index >= 15 is 0 Å². The number of hydrogen-bond donors (Lipinski definition) is 2. The largest absolute Gasteiger partial charge is 0.480 e. The molecule has 12 heteroatoms. The summed E-state index contributed by atoms with van der Waals surface area (Å²) in [6.45, 7) is 0. The van der Waals surface area contributed by atoms with E-state index < -0.39 is 45.3 Å². The van der Waals surface area contributed by atoms with Gasteiger partial charge >= 0.3 is 12.1 Å². The van der Waals surface area contributed by atoms with E-state index in [1.807, 2.05) is 12.1 Å². The van der Waals surface area contributed by atoms with Crippen molar-refractivity contribution in [2.75, 3.05) is 0 Å². The van der Waals surface area contributed by atoms with Crippen molar-refractivity contribution in [3.8, 4) is 10.6 Å². The second-order valence-corrected chi connectivity index (χ2v) is 10.5. The Kier molecular flexibility index (Phi) is 4.18. The Labute approximate surface area is 177 Å². The van der Waals surface area contributed by atoms with E-state index in [1.54, 1.807) is 12.1 Å².